The fraction of sp³-hybridized carbons (Fsp3) is 0.500. The summed E-state index contributed by atoms with van der Waals surface area (Å²) in [6.07, 6.45) is 1.72. The Labute approximate surface area is 113 Å². The van der Waals surface area contributed by atoms with Crippen molar-refractivity contribution < 1.29 is 5.11 Å². The molecule has 0 fully saturated rings. The Morgan fingerprint density at radius 2 is 2.17 bits per heavy atom. The van der Waals surface area contributed by atoms with Gasteiger partial charge in [0.15, 0.2) is 0 Å². The number of aliphatic hydroxyl groups is 1. The second-order valence-corrected chi connectivity index (χ2v) is 5.53. The van der Waals surface area contributed by atoms with Crippen LogP contribution in [0.1, 0.15) is 32.3 Å². The molecule has 0 bridgehead atoms. The van der Waals surface area contributed by atoms with Crippen LogP contribution in [0.2, 0.25) is 5.02 Å². The molecule has 0 aliphatic heterocycles. The molecule has 0 aliphatic rings. The molecule has 0 saturated heterocycles. The first-order valence-electron chi connectivity index (χ1n) is 6.03. The van der Waals surface area contributed by atoms with Crippen LogP contribution in [-0.4, -0.2) is 18.3 Å². The van der Waals surface area contributed by atoms with E-state index in [2.05, 4.69) is 25.2 Å². The quantitative estimate of drug-likeness (QED) is 0.829. The SMILES string of the molecule is CC(C)(CCCO)CNc1cccc(Cl)c1C#N. The molecule has 18 heavy (non-hydrogen) atoms. The number of nitrogens with one attached hydrogen (secondary N) is 1. The highest BCUT2D eigenvalue weighted by Crippen LogP contribution is 2.27. The molecule has 2 N–H and O–H groups in total. The van der Waals surface area contributed by atoms with Crippen LogP contribution < -0.4 is 5.32 Å². The van der Waals surface area contributed by atoms with Crippen LogP contribution in [0, 0.1) is 16.7 Å². The van der Waals surface area contributed by atoms with Crippen LogP contribution in [0.3, 0.4) is 0 Å². The molecule has 0 unspecified atom stereocenters. The second kappa shape index (κ2) is 6.63. The van der Waals surface area contributed by atoms with Crippen LogP contribution in [-0.2, 0) is 0 Å². The van der Waals surface area contributed by atoms with Crippen LogP contribution in [0.25, 0.3) is 0 Å². The van der Waals surface area contributed by atoms with Gasteiger partial charge in [-0.3, -0.25) is 0 Å². The normalized spacial score (nSPS) is 11.1. The molecule has 4 heteroatoms. The predicted molar refractivity (Wildman–Crippen MR) is 74.8 cm³/mol. The molecule has 0 aliphatic carbocycles. The van der Waals surface area contributed by atoms with Crippen molar-refractivity contribution in [2.45, 2.75) is 26.7 Å². The van der Waals surface area contributed by atoms with Crippen molar-refractivity contribution >= 4 is 17.3 Å². The highest BCUT2D eigenvalue weighted by Gasteiger charge is 2.17. The lowest BCUT2D eigenvalue weighted by molar-refractivity contribution is 0.248. The Morgan fingerprint density at radius 3 is 2.78 bits per heavy atom. The first-order chi connectivity index (χ1) is 8.50. The minimum Gasteiger partial charge on any atom is -0.396 e. The van der Waals surface area contributed by atoms with Crippen LogP contribution in [0.4, 0.5) is 5.69 Å². The molecular weight excluding hydrogens is 248 g/mol. The fourth-order valence-corrected chi connectivity index (χ4v) is 1.98. The molecule has 0 saturated carbocycles. The monoisotopic (exact) mass is 266 g/mol. The minimum absolute atomic E-state index is 0.0672. The largest absolute Gasteiger partial charge is 0.396 e. The van der Waals surface area contributed by atoms with Gasteiger partial charge in [-0.2, -0.15) is 5.26 Å². The third kappa shape index (κ3) is 4.21. The zero-order chi connectivity index (χ0) is 13.6. The van der Waals surface area contributed by atoms with E-state index in [9.17, 15) is 0 Å². The molecule has 1 aromatic carbocycles. The highest BCUT2D eigenvalue weighted by atomic mass is 35.5. The first-order valence-corrected chi connectivity index (χ1v) is 6.41. The van der Waals surface area contributed by atoms with Gasteiger partial charge in [0.1, 0.15) is 6.07 Å². The third-order valence-corrected chi connectivity index (χ3v) is 3.21. The topological polar surface area (TPSA) is 56.0 Å². The van der Waals surface area contributed by atoms with Crippen LogP contribution in [0.5, 0.6) is 0 Å². The smallest absolute Gasteiger partial charge is 0.103 e. The maximum atomic E-state index is 9.06. The van der Waals surface area contributed by atoms with E-state index in [-0.39, 0.29) is 12.0 Å². The van der Waals surface area contributed by atoms with Crippen molar-refractivity contribution in [1.82, 2.24) is 0 Å². The molecule has 3 nitrogen and oxygen atoms in total. The maximum Gasteiger partial charge on any atom is 0.103 e. The van der Waals surface area contributed by atoms with Gasteiger partial charge in [0.2, 0.25) is 0 Å². The van der Waals surface area contributed by atoms with Crippen LogP contribution >= 0.6 is 11.6 Å². The lowest BCUT2D eigenvalue weighted by Crippen LogP contribution is -2.23. The third-order valence-electron chi connectivity index (χ3n) is 2.89. The summed E-state index contributed by atoms with van der Waals surface area (Å²) < 4.78 is 0. The summed E-state index contributed by atoms with van der Waals surface area (Å²) in [7, 11) is 0. The van der Waals surface area contributed by atoms with E-state index in [0.29, 0.717) is 10.6 Å². The van der Waals surface area contributed by atoms with E-state index in [4.69, 9.17) is 22.0 Å². The number of halogens is 1. The standard InChI is InChI=1S/C14H19ClN2O/c1-14(2,7-4-8-18)10-17-13-6-3-5-12(15)11(13)9-16/h3,5-6,17-18H,4,7-8,10H2,1-2H3. The summed E-state index contributed by atoms with van der Waals surface area (Å²) in [5.74, 6) is 0. The van der Waals surface area contributed by atoms with Gasteiger partial charge in [0, 0.05) is 13.2 Å². The zero-order valence-corrected chi connectivity index (χ0v) is 11.6. The number of benzene rings is 1. The average molecular weight is 267 g/mol. The number of hydrogen-bond acceptors (Lipinski definition) is 3. The summed E-state index contributed by atoms with van der Waals surface area (Å²) in [5.41, 5.74) is 1.32. The molecule has 98 valence electrons. The molecule has 0 atom stereocenters. The Bertz CT molecular complexity index is 438. The molecule has 0 amide bonds. The van der Waals surface area contributed by atoms with Crippen molar-refractivity contribution in [2.75, 3.05) is 18.5 Å². The van der Waals surface area contributed by atoms with E-state index >= 15 is 0 Å². The van der Waals surface area contributed by atoms with Gasteiger partial charge in [-0.25, -0.2) is 0 Å². The number of nitrogens with zero attached hydrogens (tertiary/aromatic N) is 1. The van der Waals surface area contributed by atoms with Gasteiger partial charge in [0.05, 0.1) is 16.3 Å². The summed E-state index contributed by atoms with van der Waals surface area (Å²) in [5, 5.41) is 21.6. The first kappa shape index (κ1) is 14.8. The molecule has 0 radical (unpaired) electrons. The van der Waals surface area contributed by atoms with Crippen molar-refractivity contribution in [3.05, 3.63) is 28.8 Å². The second-order valence-electron chi connectivity index (χ2n) is 5.12. The van der Waals surface area contributed by atoms with E-state index in [1.54, 1.807) is 6.07 Å². The van der Waals surface area contributed by atoms with E-state index in [1.807, 2.05) is 12.1 Å². The summed E-state index contributed by atoms with van der Waals surface area (Å²) >= 11 is 5.97. The van der Waals surface area contributed by atoms with Crippen molar-refractivity contribution in [3.8, 4) is 6.07 Å². The molecule has 1 aromatic rings. The molecule has 0 spiro atoms. The minimum atomic E-state index is 0.0672. The van der Waals surface area contributed by atoms with Gasteiger partial charge in [-0.1, -0.05) is 31.5 Å². The lowest BCUT2D eigenvalue weighted by Gasteiger charge is -2.25. The average Bonchev–Trinajstić information content (AvgIpc) is 2.34. The van der Waals surface area contributed by atoms with Crippen molar-refractivity contribution in [1.29, 1.82) is 5.26 Å². The number of hydrogen-bond donors (Lipinski definition) is 2. The number of aliphatic hydroxyl groups excluding tert-OH is 1. The van der Waals surface area contributed by atoms with Crippen molar-refractivity contribution in [2.24, 2.45) is 5.41 Å². The van der Waals surface area contributed by atoms with Crippen LogP contribution in [0.15, 0.2) is 18.2 Å². The number of anilines is 1. The van der Waals surface area contributed by atoms with Gasteiger partial charge in [-0.05, 0) is 30.4 Å². The predicted octanol–water partition coefficient (Wildman–Crippen LogP) is 3.42. The van der Waals surface area contributed by atoms with E-state index in [1.165, 1.54) is 0 Å². The molecule has 0 heterocycles. The summed E-state index contributed by atoms with van der Waals surface area (Å²) in [4.78, 5) is 0. The highest BCUT2D eigenvalue weighted by molar-refractivity contribution is 6.32. The maximum absolute atomic E-state index is 9.06. The van der Waals surface area contributed by atoms with Gasteiger partial charge >= 0.3 is 0 Å². The zero-order valence-electron chi connectivity index (χ0n) is 10.8. The lowest BCUT2D eigenvalue weighted by atomic mass is 9.88. The molecular formula is C14H19ClN2O. The fourth-order valence-electron chi connectivity index (χ4n) is 1.77. The van der Waals surface area contributed by atoms with E-state index in [0.717, 1.165) is 25.1 Å². The Morgan fingerprint density at radius 1 is 1.44 bits per heavy atom. The van der Waals surface area contributed by atoms with Crippen molar-refractivity contribution in [3.63, 3.8) is 0 Å². The Kier molecular flexibility index (Phi) is 5.46. The Hall–Kier alpha value is -1.24. The molecule has 0 aromatic heterocycles. The van der Waals surface area contributed by atoms with Gasteiger partial charge in [0.25, 0.3) is 0 Å². The number of nitriles is 1. The molecule has 1 rings (SSSR count). The summed E-state index contributed by atoms with van der Waals surface area (Å²) in [6.45, 7) is 5.21. The number of rotatable bonds is 6. The summed E-state index contributed by atoms with van der Waals surface area (Å²) in [6, 6.07) is 7.50. The van der Waals surface area contributed by atoms with Gasteiger partial charge < -0.3 is 10.4 Å². The van der Waals surface area contributed by atoms with Gasteiger partial charge in [-0.15, -0.1) is 0 Å². The van der Waals surface area contributed by atoms with E-state index < -0.39 is 0 Å². The Balaban J connectivity index is 2.69.